The number of para-hydroxylation sites is 1. The average Bonchev–Trinajstić information content (AvgIpc) is 2.76. The van der Waals surface area contributed by atoms with Gasteiger partial charge in [-0.1, -0.05) is 29.8 Å². The standard InChI is InChI=1S/C27H33ClFNO2/c1-17(27-12-18-9-19(13-27)11-20(10-18)14-27)30-15-21-5-3-8-25(31-2)26(21)32-16-22-23(28)6-4-7-24(22)29/h3-8,17-20,30H,9-16H2,1-2H3. The normalized spacial score (nSPS) is 29.2. The van der Waals surface area contributed by atoms with Crippen molar-refractivity contribution in [3.8, 4) is 11.5 Å². The first-order chi connectivity index (χ1) is 15.5. The molecule has 0 radical (unpaired) electrons. The highest BCUT2D eigenvalue weighted by atomic mass is 35.5. The average molecular weight is 458 g/mol. The number of hydrogen-bond donors (Lipinski definition) is 1. The van der Waals surface area contributed by atoms with Crippen molar-refractivity contribution < 1.29 is 13.9 Å². The minimum Gasteiger partial charge on any atom is -0.493 e. The van der Waals surface area contributed by atoms with Crippen LogP contribution in [0.2, 0.25) is 5.02 Å². The van der Waals surface area contributed by atoms with Crippen molar-refractivity contribution in [2.24, 2.45) is 23.2 Å². The van der Waals surface area contributed by atoms with Gasteiger partial charge in [0.2, 0.25) is 0 Å². The Morgan fingerprint density at radius 3 is 2.34 bits per heavy atom. The summed E-state index contributed by atoms with van der Waals surface area (Å²) in [5.41, 5.74) is 1.82. The van der Waals surface area contributed by atoms with E-state index in [1.54, 1.807) is 19.2 Å². The molecule has 1 atom stereocenters. The van der Waals surface area contributed by atoms with Crippen LogP contribution in [0.15, 0.2) is 36.4 Å². The summed E-state index contributed by atoms with van der Waals surface area (Å²) in [6.45, 7) is 3.12. The lowest BCUT2D eigenvalue weighted by Gasteiger charge is -2.59. The van der Waals surface area contributed by atoms with Crippen LogP contribution >= 0.6 is 11.6 Å². The number of hydrogen-bond acceptors (Lipinski definition) is 3. The molecule has 0 spiro atoms. The molecule has 2 aromatic carbocycles. The van der Waals surface area contributed by atoms with Gasteiger partial charge in [0.25, 0.3) is 0 Å². The number of ether oxygens (including phenoxy) is 2. The molecule has 4 bridgehead atoms. The summed E-state index contributed by atoms with van der Waals surface area (Å²) in [7, 11) is 1.63. The van der Waals surface area contributed by atoms with Gasteiger partial charge in [0.1, 0.15) is 12.4 Å². The third-order valence-electron chi connectivity index (χ3n) is 8.31. The molecule has 5 heteroatoms. The predicted octanol–water partition coefficient (Wildman–Crippen LogP) is 6.76. The second-order valence-corrected chi connectivity index (χ2v) is 10.7. The van der Waals surface area contributed by atoms with E-state index in [-0.39, 0.29) is 12.4 Å². The third kappa shape index (κ3) is 4.12. The van der Waals surface area contributed by atoms with Gasteiger partial charge < -0.3 is 14.8 Å². The van der Waals surface area contributed by atoms with Gasteiger partial charge in [-0.2, -0.15) is 0 Å². The molecule has 0 aromatic heterocycles. The predicted molar refractivity (Wildman–Crippen MR) is 126 cm³/mol. The molecule has 1 unspecified atom stereocenters. The molecule has 4 saturated carbocycles. The topological polar surface area (TPSA) is 30.5 Å². The van der Waals surface area contributed by atoms with Crippen LogP contribution in [0.3, 0.4) is 0 Å². The van der Waals surface area contributed by atoms with Crippen molar-refractivity contribution in [1.82, 2.24) is 5.32 Å². The summed E-state index contributed by atoms with van der Waals surface area (Å²) in [5, 5.41) is 4.20. The minimum atomic E-state index is -0.359. The Morgan fingerprint density at radius 1 is 1.06 bits per heavy atom. The van der Waals surface area contributed by atoms with Gasteiger partial charge in [0.05, 0.1) is 12.1 Å². The third-order valence-corrected chi connectivity index (χ3v) is 8.66. The highest BCUT2D eigenvalue weighted by Gasteiger charge is 2.52. The van der Waals surface area contributed by atoms with Gasteiger partial charge in [-0.15, -0.1) is 0 Å². The van der Waals surface area contributed by atoms with Crippen LogP contribution in [0.5, 0.6) is 11.5 Å². The second-order valence-electron chi connectivity index (χ2n) is 10.3. The maximum Gasteiger partial charge on any atom is 0.166 e. The minimum absolute atomic E-state index is 0.0589. The molecule has 2 aromatic rings. The fourth-order valence-electron chi connectivity index (χ4n) is 7.03. The molecule has 3 nitrogen and oxygen atoms in total. The Morgan fingerprint density at radius 2 is 1.72 bits per heavy atom. The first-order valence-corrected chi connectivity index (χ1v) is 12.3. The van der Waals surface area contributed by atoms with Gasteiger partial charge in [-0.25, -0.2) is 4.39 Å². The quantitative estimate of drug-likeness (QED) is 0.475. The van der Waals surface area contributed by atoms with Crippen molar-refractivity contribution in [2.75, 3.05) is 7.11 Å². The molecule has 0 saturated heterocycles. The monoisotopic (exact) mass is 457 g/mol. The van der Waals surface area contributed by atoms with Gasteiger partial charge >= 0.3 is 0 Å². The van der Waals surface area contributed by atoms with Crippen LogP contribution in [-0.2, 0) is 13.2 Å². The Balaban J connectivity index is 1.31. The van der Waals surface area contributed by atoms with E-state index in [0.717, 1.165) is 23.3 Å². The van der Waals surface area contributed by atoms with Crippen LogP contribution in [0, 0.1) is 29.0 Å². The van der Waals surface area contributed by atoms with E-state index < -0.39 is 0 Å². The molecule has 0 amide bonds. The molecule has 32 heavy (non-hydrogen) atoms. The van der Waals surface area contributed by atoms with E-state index in [0.29, 0.717) is 40.1 Å². The van der Waals surface area contributed by atoms with E-state index in [4.69, 9.17) is 21.1 Å². The first kappa shape index (κ1) is 22.0. The Labute approximate surface area is 195 Å². The van der Waals surface area contributed by atoms with Crippen molar-refractivity contribution >= 4 is 11.6 Å². The highest BCUT2D eigenvalue weighted by Crippen LogP contribution is 2.61. The number of methoxy groups -OCH3 is 1. The maximum atomic E-state index is 14.2. The number of halogens is 2. The van der Waals surface area contributed by atoms with Gasteiger partial charge in [0, 0.05) is 23.7 Å². The molecule has 6 rings (SSSR count). The van der Waals surface area contributed by atoms with E-state index in [9.17, 15) is 4.39 Å². The first-order valence-electron chi connectivity index (χ1n) is 11.9. The molecular weight excluding hydrogens is 425 g/mol. The summed E-state index contributed by atoms with van der Waals surface area (Å²) in [5.74, 6) is 3.76. The van der Waals surface area contributed by atoms with Gasteiger partial charge in [-0.3, -0.25) is 0 Å². The van der Waals surface area contributed by atoms with Crippen LogP contribution in [0.4, 0.5) is 4.39 Å². The molecule has 4 aliphatic rings. The summed E-state index contributed by atoms with van der Waals surface area (Å²) >= 11 is 6.20. The summed E-state index contributed by atoms with van der Waals surface area (Å²) < 4.78 is 25.9. The zero-order chi connectivity index (χ0) is 22.3. The SMILES string of the molecule is COc1cccc(CNC(C)C23CC4CC(CC(C4)C2)C3)c1OCc1c(F)cccc1Cl. The number of rotatable bonds is 8. The molecule has 0 aliphatic heterocycles. The second kappa shape index (κ2) is 8.87. The molecule has 1 N–H and O–H groups in total. The maximum absolute atomic E-state index is 14.2. The Hall–Kier alpha value is -1.78. The number of nitrogens with one attached hydrogen (secondary N) is 1. The molecule has 4 aliphatic carbocycles. The lowest BCUT2D eigenvalue weighted by Crippen LogP contribution is -2.54. The van der Waals surface area contributed by atoms with Crippen molar-refractivity contribution in [3.05, 3.63) is 58.4 Å². The van der Waals surface area contributed by atoms with Gasteiger partial charge in [0.15, 0.2) is 11.5 Å². The zero-order valence-electron chi connectivity index (χ0n) is 19.0. The summed E-state index contributed by atoms with van der Waals surface area (Å²) in [6.07, 6.45) is 8.50. The van der Waals surface area contributed by atoms with Crippen LogP contribution in [-0.4, -0.2) is 13.2 Å². The molecule has 0 heterocycles. The summed E-state index contributed by atoms with van der Waals surface area (Å²) in [4.78, 5) is 0. The lowest BCUT2D eigenvalue weighted by molar-refractivity contribution is -0.0706. The largest absolute Gasteiger partial charge is 0.493 e. The molecule has 172 valence electrons. The Kier molecular flexibility index (Phi) is 6.11. The molecule has 4 fully saturated rings. The van der Waals surface area contributed by atoms with E-state index >= 15 is 0 Å². The lowest BCUT2D eigenvalue weighted by atomic mass is 9.48. The zero-order valence-corrected chi connectivity index (χ0v) is 19.8. The van der Waals surface area contributed by atoms with Crippen LogP contribution in [0.1, 0.15) is 56.6 Å². The number of benzene rings is 2. The van der Waals surface area contributed by atoms with Crippen molar-refractivity contribution in [3.63, 3.8) is 0 Å². The van der Waals surface area contributed by atoms with Crippen LogP contribution < -0.4 is 14.8 Å². The van der Waals surface area contributed by atoms with Crippen molar-refractivity contribution in [2.45, 2.75) is 64.6 Å². The van der Waals surface area contributed by atoms with E-state index in [1.165, 1.54) is 44.6 Å². The smallest absolute Gasteiger partial charge is 0.166 e. The van der Waals surface area contributed by atoms with Crippen molar-refractivity contribution in [1.29, 1.82) is 0 Å². The van der Waals surface area contributed by atoms with Gasteiger partial charge in [-0.05, 0) is 86.8 Å². The summed E-state index contributed by atoms with van der Waals surface area (Å²) in [6, 6.07) is 11.1. The fourth-order valence-corrected chi connectivity index (χ4v) is 7.24. The molecular formula is C27H33ClFNO2. The van der Waals surface area contributed by atoms with E-state index in [2.05, 4.69) is 18.3 Å². The van der Waals surface area contributed by atoms with Crippen LogP contribution in [0.25, 0.3) is 0 Å². The Bertz CT molecular complexity index is 923. The van der Waals surface area contributed by atoms with E-state index in [1.807, 2.05) is 12.1 Å². The highest BCUT2D eigenvalue weighted by molar-refractivity contribution is 6.31. The fraction of sp³-hybridized carbons (Fsp3) is 0.556.